The number of aryl methyl sites for hydroxylation is 1. The fourth-order valence-corrected chi connectivity index (χ4v) is 4.68. The van der Waals surface area contributed by atoms with Crippen molar-refractivity contribution in [1.82, 2.24) is 30.1 Å². The first kappa shape index (κ1) is 32.6. The number of nitrogens with zero attached hydrogens (tertiary/aromatic N) is 4. The van der Waals surface area contributed by atoms with E-state index in [9.17, 15) is 9.18 Å². The summed E-state index contributed by atoms with van der Waals surface area (Å²) < 4.78 is 14.6. The molecule has 0 amide bonds. The number of carbonyl (C=O) groups excluding carboxylic acids is 1. The number of hydrogen-bond donors (Lipinski definition) is 2. The minimum atomic E-state index is -0.464. The number of halogens is 1. The van der Waals surface area contributed by atoms with Crippen LogP contribution in [0.4, 0.5) is 4.39 Å². The number of pyridine rings is 1. The van der Waals surface area contributed by atoms with Crippen LogP contribution >= 0.6 is 0 Å². The number of terminal acetylenes is 1. The van der Waals surface area contributed by atoms with Gasteiger partial charge in [-0.05, 0) is 36.7 Å². The minimum absolute atomic E-state index is 0.149. The largest absolute Gasteiger partial charge is 0.368 e. The molecule has 224 valence electrons. The number of carbonyl (C=O) groups is 1. The van der Waals surface area contributed by atoms with Gasteiger partial charge in [0, 0.05) is 56.3 Å². The lowest BCUT2D eigenvalue weighted by Gasteiger charge is -2.38. The first-order valence-electron chi connectivity index (χ1n) is 14.5. The third kappa shape index (κ3) is 8.79. The lowest BCUT2D eigenvalue weighted by Crippen LogP contribution is -2.45. The highest BCUT2D eigenvalue weighted by Crippen LogP contribution is 2.26. The van der Waals surface area contributed by atoms with E-state index in [1.54, 1.807) is 31.6 Å². The van der Waals surface area contributed by atoms with E-state index in [-0.39, 0.29) is 17.8 Å². The molecular weight excluding hydrogens is 539 g/mol. The van der Waals surface area contributed by atoms with E-state index in [1.807, 2.05) is 48.2 Å². The molecule has 0 aliphatic carbocycles. The van der Waals surface area contributed by atoms with E-state index in [0.717, 1.165) is 47.6 Å². The van der Waals surface area contributed by atoms with E-state index in [2.05, 4.69) is 51.2 Å². The molecule has 1 aliphatic rings. The van der Waals surface area contributed by atoms with Gasteiger partial charge >= 0.3 is 0 Å². The van der Waals surface area contributed by atoms with Gasteiger partial charge in [0.15, 0.2) is 0 Å². The van der Waals surface area contributed by atoms with E-state index >= 15 is 0 Å². The Balaban J connectivity index is 0.000000380. The first-order valence-corrected chi connectivity index (χ1v) is 14.5. The average Bonchev–Trinajstić information content (AvgIpc) is 3.48. The number of H-pyrrole nitrogens is 1. The number of imidazole rings is 1. The SMILES string of the molecule is C#CC/C(F)=C(CC)/C(=C\N/C=C/C)C(=O)C(=C)N1CCN(C(=C)c2ccccc2)CC1.CCc1nc2ccncc2[nH]1. The Morgan fingerprint density at radius 1 is 1.14 bits per heavy atom. The van der Waals surface area contributed by atoms with Crippen LogP contribution in [0, 0.1) is 12.3 Å². The van der Waals surface area contributed by atoms with Crippen LogP contribution in [0.5, 0.6) is 0 Å². The maximum absolute atomic E-state index is 14.6. The molecular formula is C35H41FN6O. The number of aromatic nitrogens is 3. The molecule has 0 spiro atoms. The zero-order chi connectivity index (χ0) is 31.2. The van der Waals surface area contributed by atoms with Crippen LogP contribution < -0.4 is 5.32 Å². The van der Waals surface area contributed by atoms with Gasteiger partial charge in [-0.1, -0.05) is 69.3 Å². The fourth-order valence-electron chi connectivity index (χ4n) is 4.68. The third-order valence-electron chi connectivity index (χ3n) is 7.08. The Bertz CT molecular complexity index is 1500. The van der Waals surface area contributed by atoms with Gasteiger partial charge in [0.1, 0.15) is 11.7 Å². The van der Waals surface area contributed by atoms with Crippen molar-refractivity contribution in [2.75, 3.05) is 26.2 Å². The number of benzene rings is 1. The topological polar surface area (TPSA) is 77.2 Å². The van der Waals surface area contributed by atoms with Crippen molar-refractivity contribution in [3.05, 3.63) is 114 Å². The van der Waals surface area contributed by atoms with Crippen LogP contribution in [0.25, 0.3) is 16.7 Å². The van der Waals surface area contributed by atoms with Crippen LogP contribution in [-0.4, -0.2) is 56.7 Å². The molecule has 1 aliphatic heterocycles. The highest BCUT2D eigenvalue weighted by atomic mass is 19.1. The Morgan fingerprint density at radius 2 is 1.84 bits per heavy atom. The highest BCUT2D eigenvalue weighted by molar-refractivity contribution is 6.10. The maximum Gasteiger partial charge on any atom is 0.210 e. The summed E-state index contributed by atoms with van der Waals surface area (Å²) >= 11 is 0. The second-order valence-corrected chi connectivity index (χ2v) is 9.84. The van der Waals surface area contributed by atoms with Gasteiger partial charge in [0.25, 0.3) is 0 Å². The number of piperazine rings is 1. The highest BCUT2D eigenvalue weighted by Gasteiger charge is 2.26. The monoisotopic (exact) mass is 580 g/mol. The number of fused-ring (bicyclic) bond motifs is 1. The predicted molar refractivity (Wildman–Crippen MR) is 174 cm³/mol. The zero-order valence-corrected chi connectivity index (χ0v) is 25.4. The molecule has 7 nitrogen and oxygen atoms in total. The van der Waals surface area contributed by atoms with Crippen molar-refractivity contribution in [1.29, 1.82) is 0 Å². The molecule has 0 unspecified atom stereocenters. The fraction of sp³-hybridized carbons (Fsp3) is 0.286. The van der Waals surface area contributed by atoms with Crippen molar-refractivity contribution >= 4 is 22.5 Å². The molecule has 1 fully saturated rings. The number of ketones is 1. The molecule has 3 heterocycles. The van der Waals surface area contributed by atoms with E-state index < -0.39 is 5.83 Å². The van der Waals surface area contributed by atoms with Crippen LogP contribution in [-0.2, 0) is 11.2 Å². The Hall–Kier alpha value is -4.90. The summed E-state index contributed by atoms with van der Waals surface area (Å²) in [6, 6.07) is 11.9. The molecule has 2 aromatic heterocycles. The molecule has 1 aromatic carbocycles. The number of hydrogen-bond acceptors (Lipinski definition) is 6. The Kier molecular flexibility index (Phi) is 12.5. The summed E-state index contributed by atoms with van der Waals surface area (Å²) in [6.45, 7) is 16.7. The zero-order valence-electron chi connectivity index (χ0n) is 25.4. The molecule has 4 rings (SSSR count). The molecule has 0 saturated carbocycles. The number of nitrogens with one attached hydrogen (secondary N) is 2. The van der Waals surface area contributed by atoms with Gasteiger partial charge in [-0.25, -0.2) is 9.37 Å². The summed E-state index contributed by atoms with van der Waals surface area (Å²) in [5, 5.41) is 2.93. The third-order valence-corrected chi connectivity index (χ3v) is 7.08. The Labute approximate surface area is 254 Å². The van der Waals surface area contributed by atoms with Crippen LogP contribution in [0.1, 0.15) is 45.0 Å². The van der Waals surface area contributed by atoms with Crippen molar-refractivity contribution in [3.8, 4) is 12.3 Å². The van der Waals surface area contributed by atoms with E-state index in [1.165, 1.54) is 6.20 Å². The van der Waals surface area contributed by atoms with Gasteiger partial charge in [-0.2, -0.15) is 0 Å². The van der Waals surface area contributed by atoms with Crippen molar-refractivity contribution in [2.45, 2.75) is 40.0 Å². The number of rotatable bonds is 11. The van der Waals surface area contributed by atoms with Gasteiger partial charge in [0.05, 0.1) is 29.3 Å². The molecule has 43 heavy (non-hydrogen) atoms. The molecule has 1 saturated heterocycles. The van der Waals surface area contributed by atoms with Crippen LogP contribution in [0.3, 0.4) is 0 Å². The first-order chi connectivity index (χ1) is 20.8. The molecule has 0 atom stereocenters. The quantitative estimate of drug-likeness (QED) is 0.152. The number of allylic oxidation sites excluding steroid dienone is 4. The standard InChI is InChI=1S/C27H32FN3O.C8H9N3/c1-6-12-26(28)24(8-3)25(20-29-15-7-2)27(32)22(5)31-18-16-30(17-19-31)21(4)23-13-10-9-11-14-23;1-2-8-10-6-3-4-9-5-7(6)11-8/h1,7,9-11,13-15,20,29H,4-5,8,12,16-19H2,2-3H3;3-5H,2H2,1H3,(H,10,11)/b15-7+,25-20+,26-24-;. The Morgan fingerprint density at radius 3 is 2.44 bits per heavy atom. The predicted octanol–water partition coefficient (Wildman–Crippen LogP) is 6.54. The van der Waals surface area contributed by atoms with Gasteiger partial charge < -0.3 is 20.1 Å². The smallest absolute Gasteiger partial charge is 0.210 e. The van der Waals surface area contributed by atoms with Crippen LogP contribution in [0.15, 0.2) is 103 Å². The lowest BCUT2D eigenvalue weighted by molar-refractivity contribution is -0.113. The van der Waals surface area contributed by atoms with E-state index in [4.69, 9.17) is 6.42 Å². The molecule has 0 bridgehead atoms. The van der Waals surface area contributed by atoms with E-state index in [0.29, 0.717) is 30.8 Å². The summed E-state index contributed by atoms with van der Waals surface area (Å²) in [5.74, 6) is 2.57. The van der Waals surface area contributed by atoms with Crippen molar-refractivity contribution < 1.29 is 9.18 Å². The average molecular weight is 581 g/mol. The van der Waals surface area contributed by atoms with Crippen LogP contribution in [0.2, 0.25) is 0 Å². The molecule has 8 heteroatoms. The lowest BCUT2D eigenvalue weighted by atomic mass is 9.96. The summed E-state index contributed by atoms with van der Waals surface area (Å²) in [4.78, 5) is 29.0. The number of aromatic amines is 1. The minimum Gasteiger partial charge on any atom is -0.368 e. The number of Topliss-reactive ketones (excluding diaryl/α,β-unsaturated/α-hetero) is 1. The van der Waals surface area contributed by atoms with Crippen molar-refractivity contribution in [3.63, 3.8) is 0 Å². The maximum atomic E-state index is 14.6. The van der Waals surface area contributed by atoms with Crippen molar-refractivity contribution in [2.24, 2.45) is 0 Å². The molecule has 2 N–H and O–H groups in total. The molecule has 0 radical (unpaired) electrons. The van der Waals surface area contributed by atoms with Gasteiger partial charge in [0.2, 0.25) is 5.78 Å². The second kappa shape index (κ2) is 16.5. The molecule has 3 aromatic rings. The summed E-state index contributed by atoms with van der Waals surface area (Å²) in [7, 11) is 0. The summed E-state index contributed by atoms with van der Waals surface area (Å²) in [6.07, 6.45) is 15.0. The second-order valence-electron chi connectivity index (χ2n) is 9.84. The van der Waals surface area contributed by atoms with Gasteiger partial charge in [-0.15, -0.1) is 6.42 Å². The summed E-state index contributed by atoms with van der Waals surface area (Å²) in [5.41, 5.74) is 4.97. The normalized spacial score (nSPS) is 14.1. The van der Waals surface area contributed by atoms with Gasteiger partial charge in [-0.3, -0.25) is 9.78 Å².